The summed E-state index contributed by atoms with van der Waals surface area (Å²) in [5.41, 5.74) is 3.17. The first-order valence-corrected chi connectivity index (χ1v) is 10.4. The number of nitrogens with zero attached hydrogens (tertiary/aromatic N) is 1. The number of esters is 1. The molecule has 7 nitrogen and oxygen atoms in total. The van der Waals surface area contributed by atoms with Crippen LogP contribution in [0.3, 0.4) is 0 Å². The first kappa shape index (κ1) is 23.2. The number of Topliss-reactive ketones (excluding diaryl/α,β-unsaturated/α-hetero) is 1. The molecule has 30 heavy (non-hydrogen) atoms. The highest BCUT2D eigenvalue weighted by molar-refractivity contribution is 8.14. The summed E-state index contributed by atoms with van der Waals surface area (Å²) >= 11 is 1.23. The van der Waals surface area contributed by atoms with Gasteiger partial charge in [0, 0.05) is 17.8 Å². The summed E-state index contributed by atoms with van der Waals surface area (Å²) in [7, 11) is 1.33. The zero-order valence-corrected chi connectivity index (χ0v) is 18.0. The van der Waals surface area contributed by atoms with Gasteiger partial charge in [-0.25, -0.2) is 4.79 Å². The molecular weight excluding hydrogens is 402 g/mol. The summed E-state index contributed by atoms with van der Waals surface area (Å²) in [6.45, 7) is 4.88. The molecule has 0 saturated carbocycles. The van der Waals surface area contributed by atoms with Gasteiger partial charge in [0.25, 0.3) is 0 Å². The summed E-state index contributed by atoms with van der Waals surface area (Å²) in [5.74, 6) is 0.00111. The zero-order chi connectivity index (χ0) is 22.1. The molecule has 2 aromatic carbocycles. The van der Waals surface area contributed by atoms with Crippen molar-refractivity contribution in [3.8, 4) is 0 Å². The number of ketones is 1. The largest absolute Gasteiger partial charge is 0.465 e. The number of methoxy groups -OCH3 is 1. The van der Waals surface area contributed by atoms with Gasteiger partial charge in [0.1, 0.15) is 0 Å². The van der Waals surface area contributed by atoms with E-state index in [2.05, 4.69) is 10.1 Å². The van der Waals surface area contributed by atoms with Crippen LogP contribution in [-0.4, -0.2) is 47.1 Å². The molecule has 1 saturated heterocycles. The molecule has 3 rings (SSSR count). The van der Waals surface area contributed by atoms with Crippen LogP contribution >= 0.6 is 11.8 Å². The van der Waals surface area contributed by atoms with Crippen molar-refractivity contribution in [3.05, 3.63) is 65.2 Å². The highest BCUT2D eigenvalue weighted by atomic mass is 32.2. The molecule has 0 spiro atoms. The van der Waals surface area contributed by atoms with Gasteiger partial charge in [-0.15, -0.1) is 0 Å². The Bertz CT molecular complexity index is 895. The van der Waals surface area contributed by atoms with Crippen molar-refractivity contribution >= 4 is 40.3 Å². The van der Waals surface area contributed by atoms with E-state index in [0.717, 1.165) is 23.4 Å². The second-order valence-electron chi connectivity index (χ2n) is 6.43. The number of amides is 1. The molecule has 1 amide bonds. The van der Waals surface area contributed by atoms with Crippen LogP contribution in [0.1, 0.15) is 40.1 Å². The van der Waals surface area contributed by atoms with Crippen molar-refractivity contribution in [1.82, 2.24) is 4.90 Å². The van der Waals surface area contributed by atoms with Gasteiger partial charge in [0.2, 0.25) is 5.91 Å². The number of thioether (sulfide) groups is 1. The molecular formula is C22H25N3O4S. The molecule has 8 heteroatoms. The number of ether oxygens (including phenoxy) is 1. The number of hydrogen-bond donors (Lipinski definition) is 2. The lowest BCUT2D eigenvalue weighted by Crippen LogP contribution is -2.28. The van der Waals surface area contributed by atoms with E-state index in [1.807, 2.05) is 31.2 Å². The second kappa shape index (κ2) is 11.2. The lowest BCUT2D eigenvalue weighted by Gasteiger charge is -2.14. The summed E-state index contributed by atoms with van der Waals surface area (Å²) in [6.07, 6.45) is 0. The number of anilines is 1. The Labute approximate surface area is 180 Å². The molecule has 2 N–H and O–H groups in total. The first-order chi connectivity index (χ1) is 14.3. The van der Waals surface area contributed by atoms with Crippen LogP contribution in [0.4, 0.5) is 5.69 Å². The minimum Gasteiger partial charge on any atom is -0.465 e. The third-order valence-corrected chi connectivity index (χ3v) is 5.15. The number of amidine groups is 1. The fourth-order valence-corrected chi connectivity index (χ4v) is 3.37. The predicted molar refractivity (Wildman–Crippen MR) is 119 cm³/mol. The number of rotatable bonds is 6. The van der Waals surface area contributed by atoms with Gasteiger partial charge in [-0.05, 0) is 55.8 Å². The molecule has 1 fully saturated rings. The summed E-state index contributed by atoms with van der Waals surface area (Å²) in [6, 6.07) is 14.3. The number of hydrogen-bond acceptors (Lipinski definition) is 7. The Hall–Kier alpha value is -3.13. The van der Waals surface area contributed by atoms with Crippen molar-refractivity contribution < 1.29 is 19.1 Å². The predicted octanol–water partition coefficient (Wildman–Crippen LogP) is 3.80. The van der Waals surface area contributed by atoms with Crippen LogP contribution in [0.2, 0.25) is 0 Å². The average Bonchev–Trinajstić information content (AvgIpc) is 3.07. The van der Waals surface area contributed by atoms with E-state index in [-0.39, 0.29) is 22.8 Å². The molecule has 0 atom stereocenters. The van der Waals surface area contributed by atoms with Gasteiger partial charge >= 0.3 is 5.97 Å². The van der Waals surface area contributed by atoms with Crippen LogP contribution in [0.25, 0.3) is 0 Å². The van der Waals surface area contributed by atoms with Crippen LogP contribution in [0.15, 0.2) is 48.5 Å². The zero-order valence-electron chi connectivity index (χ0n) is 17.2. The van der Waals surface area contributed by atoms with E-state index < -0.39 is 0 Å². The molecule has 2 aromatic rings. The molecule has 1 aliphatic heterocycles. The molecule has 1 heterocycles. The van der Waals surface area contributed by atoms with E-state index in [1.165, 1.54) is 23.8 Å². The van der Waals surface area contributed by atoms with E-state index in [1.54, 1.807) is 31.2 Å². The average molecular weight is 428 g/mol. The number of nitrogens with one attached hydrogen (secondary N) is 2. The van der Waals surface area contributed by atoms with Crippen LogP contribution in [0.5, 0.6) is 0 Å². The molecule has 1 aliphatic rings. The highest BCUT2D eigenvalue weighted by Gasteiger charge is 2.26. The van der Waals surface area contributed by atoms with Crippen molar-refractivity contribution in [2.75, 3.05) is 24.7 Å². The fourth-order valence-electron chi connectivity index (χ4n) is 2.63. The molecule has 0 unspecified atom stereocenters. The lowest BCUT2D eigenvalue weighted by molar-refractivity contribution is -0.124. The maximum atomic E-state index is 11.5. The van der Waals surface area contributed by atoms with Gasteiger partial charge in [-0.1, -0.05) is 23.9 Å². The number of benzene rings is 2. The third kappa shape index (κ3) is 6.45. The Balaban J connectivity index is 0.000000232. The summed E-state index contributed by atoms with van der Waals surface area (Å²) in [5, 5.41) is 11.1. The Morgan fingerprint density at radius 1 is 1.10 bits per heavy atom. The van der Waals surface area contributed by atoms with Crippen molar-refractivity contribution in [1.29, 1.82) is 5.41 Å². The summed E-state index contributed by atoms with van der Waals surface area (Å²) in [4.78, 5) is 35.1. The molecule has 0 bridgehead atoms. The van der Waals surface area contributed by atoms with E-state index in [0.29, 0.717) is 17.9 Å². The van der Waals surface area contributed by atoms with Gasteiger partial charge in [0.15, 0.2) is 11.0 Å². The maximum Gasteiger partial charge on any atom is 0.337 e. The standard InChI is InChI=1S/C12H12N2O3S.C10H13NO/c1-17-11(16)9-4-2-8(3-5-9)6-14-10(15)7-18-12(14)13;1-3-11-10-6-4-9(5-7-10)8(2)12/h2-5,13H,6-7H2,1H3;4-7,11H,3H2,1-2H3. The number of carbonyl (C=O) groups excluding carboxylic acids is 3. The second-order valence-corrected chi connectivity index (χ2v) is 7.39. The number of carbonyl (C=O) groups is 3. The summed E-state index contributed by atoms with van der Waals surface area (Å²) < 4.78 is 4.60. The van der Waals surface area contributed by atoms with Crippen molar-refractivity contribution in [3.63, 3.8) is 0 Å². The SMILES string of the molecule is CCNc1ccc(C(C)=O)cc1.COC(=O)c1ccc(CN2C(=N)SCC2=O)cc1. The van der Waals surface area contributed by atoms with Crippen molar-refractivity contribution in [2.45, 2.75) is 20.4 Å². The van der Waals surface area contributed by atoms with E-state index in [4.69, 9.17) is 5.41 Å². The van der Waals surface area contributed by atoms with Gasteiger partial charge in [0.05, 0.1) is 25.0 Å². The Morgan fingerprint density at radius 2 is 1.70 bits per heavy atom. The lowest BCUT2D eigenvalue weighted by atomic mass is 10.1. The quantitative estimate of drug-likeness (QED) is 0.537. The Morgan fingerprint density at radius 3 is 2.17 bits per heavy atom. The van der Waals surface area contributed by atoms with Gasteiger partial charge in [-0.3, -0.25) is 19.9 Å². The molecule has 0 aliphatic carbocycles. The van der Waals surface area contributed by atoms with Gasteiger partial charge < -0.3 is 10.1 Å². The minimum atomic E-state index is -0.387. The third-order valence-electron chi connectivity index (χ3n) is 4.27. The monoisotopic (exact) mass is 427 g/mol. The maximum absolute atomic E-state index is 11.5. The van der Waals surface area contributed by atoms with Crippen LogP contribution < -0.4 is 5.32 Å². The smallest absolute Gasteiger partial charge is 0.337 e. The first-order valence-electron chi connectivity index (χ1n) is 9.39. The Kier molecular flexibility index (Phi) is 8.61. The molecule has 0 radical (unpaired) electrons. The van der Waals surface area contributed by atoms with Gasteiger partial charge in [-0.2, -0.15) is 0 Å². The topological polar surface area (TPSA) is 99.6 Å². The molecule has 0 aromatic heterocycles. The van der Waals surface area contributed by atoms with E-state index in [9.17, 15) is 14.4 Å². The normalized spacial score (nSPS) is 12.8. The highest BCUT2D eigenvalue weighted by Crippen LogP contribution is 2.20. The minimum absolute atomic E-state index is 0.0537. The van der Waals surface area contributed by atoms with Crippen LogP contribution in [0, 0.1) is 5.41 Å². The van der Waals surface area contributed by atoms with Crippen molar-refractivity contribution in [2.24, 2.45) is 0 Å². The fraction of sp³-hybridized carbons (Fsp3) is 0.273. The van der Waals surface area contributed by atoms with E-state index >= 15 is 0 Å². The molecule has 158 valence electrons. The van der Waals surface area contributed by atoms with Crippen LogP contribution in [-0.2, 0) is 16.1 Å².